The van der Waals surface area contributed by atoms with Gasteiger partial charge in [0.25, 0.3) is 0 Å². The topological polar surface area (TPSA) is 73.0 Å². The van der Waals surface area contributed by atoms with Crippen molar-refractivity contribution in [1.29, 1.82) is 0 Å². The molecule has 4 aromatic rings. The molecule has 2 aromatic carbocycles. The van der Waals surface area contributed by atoms with Crippen molar-refractivity contribution >= 4 is 20.9 Å². The zero-order valence-corrected chi connectivity index (χ0v) is 19.2. The highest BCUT2D eigenvalue weighted by Gasteiger charge is 2.31. The third kappa shape index (κ3) is 4.18. The number of hydrogen-bond acceptors (Lipinski definition) is 4. The molecule has 3 heterocycles. The quantitative estimate of drug-likeness (QED) is 0.423. The molecule has 5 rings (SSSR count). The molecule has 0 aliphatic carbocycles. The van der Waals surface area contributed by atoms with E-state index < -0.39 is 10.0 Å². The number of rotatable bonds is 6. The molecule has 7 nitrogen and oxygen atoms in total. The van der Waals surface area contributed by atoms with Gasteiger partial charge in [0.05, 0.1) is 23.6 Å². The van der Waals surface area contributed by atoms with Crippen LogP contribution in [0.1, 0.15) is 37.7 Å². The minimum absolute atomic E-state index is 0.268. The lowest BCUT2D eigenvalue weighted by atomic mass is 9.90. The summed E-state index contributed by atoms with van der Waals surface area (Å²) < 4.78 is 44.3. The number of fused-ring (bicyclic) bond motifs is 1. The third-order valence-corrected chi connectivity index (χ3v) is 8.14. The number of halogens is 1. The molecule has 1 fully saturated rings. The van der Waals surface area contributed by atoms with Crippen LogP contribution in [0.3, 0.4) is 0 Å². The van der Waals surface area contributed by atoms with Gasteiger partial charge < -0.3 is 0 Å². The van der Waals surface area contributed by atoms with Crippen LogP contribution >= 0.6 is 0 Å². The van der Waals surface area contributed by atoms with E-state index in [2.05, 4.69) is 22.3 Å². The normalized spacial score (nSPS) is 15.9. The van der Waals surface area contributed by atoms with Gasteiger partial charge in [0.1, 0.15) is 10.7 Å². The van der Waals surface area contributed by atoms with Crippen molar-refractivity contribution < 1.29 is 12.8 Å². The van der Waals surface area contributed by atoms with Crippen LogP contribution in [-0.4, -0.2) is 45.4 Å². The number of aromatic nitrogens is 4. The molecule has 172 valence electrons. The summed E-state index contributed by atoms with van der Waals surface area (Å²) in [5.74, 6) is 0.0125. The summed E-state index contributed by atoms with van der Waals surface area (Å²) in [6.45, 7) is 3.71. The van der Waals surface area contributed by atoms with Crippen LogP contribution in [0.5, 0.6) is 0 Å². The number of nitrogens with zero attached hydrogens (tertiary/aromatic N) is 5. The number of benzene rings is 2. The number of piperidine rings is 1. The summed E-state index contributed by atoms with van der Waals surface area (Å²) in [7, 11) is -3.52. The Hall–Kier alpha value is -3.04. The van der Waals surface area contributed by atoms with Crippen LogP contribution in [-0.2, 0) is 16.6 Å². The zero-order chi connectivity index (χ0) is 23.0. The Morgan fingerprint density at radius 1 is 1.03 bits per heavy atom. The fraction of sp³-hybridized carbons (Fsp3) is 0.333. The zero-order valence-electron chi connectivity index (χ0n) is 18.4. The van der Waals surface area contributed by atoms with Crippen molar-refractivity contribution in [2.45, 2.75) is 43.5 Å². The first kappa shape index (κ1) is 21.8. The average molecular weight is 468 g/mol. The van der Waals surface area contributed by atoms with Gasteiger partial charge in [-0.2, -0.15) is 14.5 Å². The second-order valence-corrected chi connectivity index (χ2v) is 10.4. The van der Waals surface area contributed by atoms with Gasteiger partial charge in [-0.1, -0.05) is 13.0 Å². The molecule has 0 saturated carbocycles. The SMILES string of the molecule is CCCn1cc(S(=O)(=O)N2CCC(c3ccc4c(cnn4-c4ccc(F)cc4)c3)CC2)cn1. The van der Waals surface area contributed by atoms with Crippen LogP contribution in [0.2, 0.25) is 0 Å². The monoisotopic (exact) mass is 467 g/mol. The minimum Gasteiger partial charge on any atom is -0.271 e. The summed E-state index contributed by atoms with van der Waals surface area (Å²) in [5.41, 5.74) is 2.95. The predicted octanol–water partition coefficient (Wildman–Crippen LogP) is 4.34. The number of sulfonamides is 1. The number of hydrogen-bond donors (Lipinski definition) is 0. The fourth-order valence-corrected chi connectivity index (χ4v) is 5.93. The third-order valence-electron chi connectivity index (χ3n) is 6.29. The maximum Gasteiger partial charge on any atom is 0.246 e. The second kappa shape index (κ2) is 8.72. The van der Waals surface area contributed by atoms with E-state index in [9.17, 15) is 12.8 Å². The Labute approximate surface area is 192 Å². The number of aryl methyl sites for hydroxylation is 1. The van der Waals surface area contributed by atoms with Crippen molar-refractivity contribution in [3.8, 4) is 5.69 Å². The molecule has 0 atom stereocenters. The summed E-state index contributed by atoms with van der Waals surface area (Å²) in [5, 5.41) is 9.65. The van der Waals surface area contributed by atoms with Gasteiger partial charge in [-0.05, 0) is 67.1 Å². The van der Waals surface area contributed by atoms with Crippen LogP contribution in [0.15, 0.2) is 66.0 Å². The lowest BCUT2D eigenvalue weighted by Crippen LogP contribution is -2.37. The summed E-state index contributed by atoms with van der Waals surface area (Å²) in [4.78, 5) is 0.268. The average Bonchev–Trinajstić information content (AvgIpc) is 3.47. The molecule has 0 spiro atoms. The smallest absolute Gasteiger partial charge is 0.246 e. The van der Waals surface area contributed by atoms with Crippen molar-refractivity contribution in [2.24, 2.45) is 0 Å². The van der Waals surface area contributed by atoms with Gasteiger partial charge >= 0.3 is 0 Å². The lowest BCUT2D eigenvalue weighted by Gasteiger charge is -2.31. The maximum atomic E-state index is 13.3. The second-order valence-electron chi connectivity index (χ2n) is 8.47. The summed E-state index contributed by atoms with van der Waals surface area (Å²) in [6, 6.07) is 12.5. The molecule has 2 aromatic heterocycles. The highest BCUT2D eigenvalue weighted by molar-refractivity contribution is 7.89. The molecule has 1 aliphatic heterocycles. The van der Waals surface area contributed by atoms with Gasteiger partial charge in [-0.3, -0.25) is 4.68 Å². The van der Waals surface area contributed by atoms with Crippen LogP contribution in [0.25, 0.3) is 16.6 Å². The molecule has 1 saturated heterocycles. The van der Waals surface area contributed by atoms with Crippen molar-refractivity contribution in [2.75, 3.05) is 13.1 Å². The first-order valence-electron chi connectivity index (χ1n) is 11.2. The Morgan fingerprint density at radius 2 is 1.79 bits per heavy atom. The molecule has 9 heteroatoms. The molecule has 0 N–H and O–H groups in total. The van der Waals surface area contributed by atoms with E-state index in [-0.39, 0.29) is 16.6 Å². The van der Waals surface area contributed by atoms with E-state index in [4.69, 9.17) is 0 Å². The largest absolute Gasteiger partial charge is 0.271 e. The molecule has 0 unspecified atom stereocenters. The highest BCUT2D eigenvalue weighted by Crippen LogP contribution is 2.32. The van der Waals surface area contributed by atoms with E-state index in [1.165, 1.54) is 23.9 Å². The first-order chi connectivity index (χ1) is 16.0. The molecule has 1 aliphatic rings. The molecule has 0 bridgehead atoms. The fourth-order valence-electron chi connectivity index (χ4n) is 4.50. The Morgan fingerprint density at radius 3 is 2.52 bits per heavy atom. The van der Waals surface area contributed by atoms with Gasteiger partial charge in [-0.25, -0.2) is 17.5 Å². The van der Waals surface area contributed by atoms with E-state index >= 15 is 0 Å². The van der Waals surface area contributed by atoms with Crippen LogP contribution in [0, 0.1) is 5.82 Å². The minimum atomic E-state index is -3.52. The van der Waals surface area contributed by atoms with Crippen molar-refractivity contribution in [1.82, 2.24) is 23.9 Å². The summed E-state index contributed by atoms with van der Waals surface area (Å²) >= 11 is 0. The Balaban J connectivity index is 1.30. The highest BCUT2D eigenvalue weighted by atomic mass is 32.2. The van der Waals surface area contributed by atoms with E-state index in [0.29, 0.717) is 19.6 Å². The van der Waals surface area contributed by atoms with E-state index in [0.717, 1.165) is 35.9 Å². The first-order valence-corrected chi connectivity index (χ1v) is 12.7. The summed E-state index contributed by atoms with van der Waals surface area (Å²) in [6.07, 6.45) is 7.32. The van der Waals surface area contributed by atoms with Gasteiger partial charge in [0.15, 0.2) is 0 Å². The Kier molecular flexibility index (Phi) is 5.76. The van der Waals surface area contributed by atoms with Crippen molar-refractivity contribution in [3.63, 3.8) is 0 Å². The molecule has 0 radical (unpaired) electrons. The standard InChI is InChI=1S/C24H26FN5O2S/c1-2-11-28-17-23(16-26-28)33(31,32)29-12-9-18(10-13-29)19-3-8-24-20(14-19)15-27-30(24)22-6-4-21(25)5-7-22/h3-8,14-18H,2,9-13H2,1H3. The van der Waals surface area contributed by atoms with Crippen LogP contribution < -0.4 is 0 Å². The van der Waals surface area contributed by atoms with E-state index in [1.54, 1.807) is 32.0 Å². The van der Waals surface area contributed by atoms with E-state index in [1.807, 2.05) is 19.2 Å². The van der Waals surface area contributed by atoms with Gasteiger partial charge in [0, 0.05) is 31.2 Å². The van der Waals surface area contributed by atoms with Gasteiger partial charge in [-0.15, -0.1) is 0 Å². The lowest BCUT2D eigenvalue weighted by molar-refractivity contribution is 0.319. The molecule has 33 heavy (non-hydrogen) atoms. The van der Waals surface area contributed by atoms with Crippen LogP contribution in [0.4, 0.5) is 4.39 Å². The van der Waals surface area contributed by atoms with Gasteiger partial charge in [0.2, 0.25) is 10.0 Å². The predicted molar refractivity (Wildman–Crippen MR) is 124 cm³/mol. The molecule has 0 amide bonds. The van der Waals surface area contributed by atoms with Crippen molar-refractivity contribution in [3.05, 3.63) is 72.4 Å². The molecular formula is C24H26FN5O2S. The molecular weight excluding hydrogens is 441 g/mol. The maximum absolute atomic E-state index is 13.3. The Bertz CT molecular complexity index is 1370.